The fourth-order valence-electron chi connectivity index (χ4n) is 2.55. The Morgan fingerprint density at radius 2 is 2.60 bits per heavy atom. The number of anilines is 1. The summed E-state index contributed by atoms with van der Waals surface area (Å²) in [5.41, 5.74) is -1.17. The first-order valence-electron chi connectivity index (χ1n) is 4.93. The van der Waals surface area contributed by atoms with Crippen LogP contribution in [0.4, 0.5) is 5.95 Å². The first-order chi connectivity index (χ1) is 7.26. The average Bonchev–Trinajstić information content (AvgIpc) is 2.80. The third-order valence-corrected chi connectivity index (χ3v) is 3.27. The Morgan fingerprint density at radius 3 is 3.53 bits per heavy atom. The predicted octanol–water partition coefficient (Wildman–Crippen LogP) is -0.922. The highest BCUT2D eigenvalue weighted by Crippen LogP contribution is 2.44. The largest absolute Gasteiger partial charge is 0.366 e. The van der Waals surface area contributed by atoms with E-state index in [4.69, 9.17) is 9.47 Å². The second-order valence-electron chi connectivity index (χ2n) is 4.19. The van der Waals surface area contributed by atoms with Gasteiger partial charge < -0.3 is 19.9 Å². The third kappa shape index (κ3) is 0.858. The number of hydrogen-bond donors (Lipinski definition) is 2. The van der Waals surface area contributed by atoms with E-state index in [2.05, 4.69) is 15.4 Å². The van der Waals surface area contributed by atoms with Crippen LogP contribution in [0.3, 0.4) is 0 Å². The number of fused-ring (bicyclic) bond motifs is 8. The lowest BCUT2D eigenvalue weighted by Gasteiger charge is -2.44. The van der Waals surface area contributed by atoms with E-state index in [0.29, 0.717) is 19.0 Å². The van der Waals surface area contributed by atoms with Gasteiger partial charge in [-0.25, -0.2) is 4.68 Å². The number of nitrogens with one attached hydrogen (secondary N) is 1. The Morgan fingerprint density at radius 1 is 1.67 bits per heavy atom. The monoisotopic (exact) mass is 210 g/mol. The van der Waals surface area contributed by atoms with Crippen molar-refractivity contribution in [3.05, 3.63) is 6.33 Å². The van der Waals surface area contributed by atoms with Gasteiger partial charge in [-0.05, 0) is 0 Å². The van der Waals surface area contributed by atoms with Crippen molar-refractivity contribution in [3.63, 3.8) is 0 Å². The molecule has 3 aliphatic rings. The second-order valence-corrected chi connectivity index (χ2v) is 4.19. The quantitative estimate of drug-likeness (QED) is 0.576. The van der Waals surface area contributed by atoms with Crippen LogP contribution in [-0.4, -0.2) is 44.6 Å². The van der Waals surface area contributed by atoms with Gasteiger partial charge in [0, 0.05) is 6.42 Å². The van der Waals surface area contributed by atoms with Crippen molar-refractivity contribution in [2.24, 2.45) is 0 Å². The fourth-order valence-corrected chi connectivity index (χ4v) is 2.55. The Balaban J connectivity index is 1.89. The van der Waals surface area contributed by atoms with Gasteiger partial charge in [0.1, 0.15) is 12.4 Å². The number of aliphatic hydroxyl groups is 1. The molecule has 0 unspecified atom stereocenters. The molecule has 0 amide bonds. The number of rotatable bonds is 0. The molecule has 4 rings (SSSR count). The zero-order chi connectivity index (χ0) is 10.0. The highest BCUT2D eigenvalue weighted by Gasteiger charge is 2.57. The van der Waals surface area contributed by atoms with E-state index in [9.17, 15) is 5.11 Å². The molecular formula is C8H10N4O3. The average molecular weight is 210 g/mol. The van der Waals surface area contributed by atoms with Crippen LogP contribution in [0.25, 0.3) is 0 Å². The minimum absolute atomic E-state index is 0.00694. The summed E-state index contributed by atoms with van der Waals surface area (Å²) in [5.74, 6) is 0.581. The SMILES string of the molecule is O[C@@]12C[C@@H]([C@H]3CO[C@H]1O3)n1ncnc1N2. The summed E-state index contributed by atoms with van der Waals surface area (Å²) >= 11 is 0. The number of hydrogen-bond acceptors (Lipinski definition) is 6. The molecule has 0 saturated carbocycles. The van der Waals surface area contributed by atoms with Crippen molar-refractivity contribution in [1.82, 2.24) is 14.8 Å². The van der Waals surface area contributed by atoms with Gasteiger partial charge in [-0.3, -0.25) is 0 Å². The van der Waals surface area contributed by atoms with E-state index in [1.165, 1.54) is 6.33 Å². The number of ether oxygens (including phenoxy) is 2. The molecule has 1 aromatic heterocycles. The molecule has 15 heavy (non-hydrogen) atoms. The summed E-state index contributed by atoms with van der Waals surface area (Å²) in [6, 6.07) is 0.00694. The standard InChI is InChI=1S/C8H10N4O3/c13-8-1-4(5-2-14-6(8)15-5)12-7(11-8)9-3-10-12/h3-6,13H,1-2H2,(H,9,10,11)/t4-,5+,6-,8-/m0/s1. The molecule has 0 aliphatic carbocycles. The van der Waals surface area contributed by atoms with E-state index in [-0.39, 0.29) is 12.1 Å². The van der Waals surface area contributed by atoms with Crippen molar-refractivity contribution in [3.8, 4) is 0 Å². The lowest BCUT2D eigenvalue weighted by molar-refractivity contribution is -0.215. The van der Waals surface area contributed by atoms with Gasteiger partial charge in [-0.1, -0.05) is 0 Å². The fraction of sp³-hybridized carbons (Fsp3) is 0.750. The minimum atomic E-state index is -1.17. The van der Waals surface area contributed by atoms with Gasteiger partial charge in [0.2, 0.25) is 12.2 Å². The summed E-state index contributed by atoms with van der Waals surface area (Å²) in [7, 11) is 0. The lowest BCUT2D eigenvalue weighted by Crippen LogP contribution is -2.58. The van der Waals surface area contributed by atoms with Crippen molar-refractivity contribution in [1.29, 1.82) is 0 Å². The zero-order valence-electron chi connectivity index (χ0n) is 7.83. The van der Waals surface area contributed by atoms with Gasteiger partial charge in [0.05, 0.1) is 12.6 Å². The van der Waals surface area contributed by atoms with Crippen LogP contribution in [-0.2, 0) is 9.47 Å². The second kappa shape index (κ2) is 2.31. The molecular weight excluding hydrogens is 200 g/mol. The first kappa shape index (κ1) is 8.03. The molecule has 2 N–H and O–H groups in total. The van der Waals surface area contributed by atoms with Crippen LogP contribution in [0, 0.1) is 0 Å². The highest BCUT2D eigenvalue weighted by molar-refractivity contribution is 5.33. The molecule has 80 valence electrons. The summed E-state index contributed by atoms with van der Waals surface area (Å²) in [4.78, 5) is 4.05. The Labute approximate surface area is 85.0 Å². The van der Waals surface area contributed by atoms with Crippen molar-refractivity contribution < 1.29 is 14.6 Å². The number of nitrogens with zero attached hydrogens (tertiary/aromatic N) is 3. The Kier molecular flexibility index (Phi) is 1.24. The maximum absolute atomic E-state index is 10.3. The summed E-state index contributed by atoms with van der Waals surface area (Å²) in [6.45, 7) is 0.499. The normalized spacial score (nSPS) is 46.1. The van der Waals surface area contributed by atoms with Crippen LogP contribution < -0.4 is 5.32 Å². The van der Waals surface area contributed by atoms with Crippen LogP contribution in [0.5, 0.6) is 0 Å². The molecule has 3 aliphatic heterocycles. The summed E-state index contributed by atoms with van der Waals surface area (Å²) in [5, 5.41) is 17.3. The highest BCUT2D eigenvalue weighted by atomic mass is 16.7. The van der Waals surface area contributed by atoms with E-state index < -0.39 is 12.0 Å². The van der Waals surface area contributed by atoms with Crippen LogP contribution in [0.1, 0.15) is 12.5 Å². The van der Waals surface area contributed by atoms with Gasteiger partial charge in [-0.15, -0.1) is 0 Å². The zero-order valence-corrected chi connectivity index (χ0v) is 7.83. The maximum atomic E-state index is 10.3. The Hall–Kier alpha value is -1.18. The van der Waals surface area contributed by atoms with E-state index in [1.807, 2.05) is 0 Å². The molecule has 1 aromatic rings. The maximum Gasteiger partial charge on any atom is 0.223 e. The van der Waals surface area contributed by atoms with Gasteiger partial charge >= 0.3 is 0 Å². The molecule has 7 nitrogen and oxygen atoms in total. The van der Waals surface area contributed by atoms with Crippen LogP contribution in [0.15, 0.2) is 6.33 Å². The molecule has 0 aromatic carbocycles. The van der Waals surface area contributed by atoms with Crippen molar-refractivity contribution in [2.75, 3.05) is 11.9 Å². The van der Waals surface area contributed by atoms with Crippen LogP contribution >= 0.6 is 0 Å². The molecule has 4 bridgehead atoms. The Bertz CT molecular complexity index is 422. The summed E-state index contributed by atoms with van der Waals surface area (Å²) in [6.07, 6.45) is 1.39. The summed E-state index contributed by atoms with van der Waals surface area (Å²) < 4.78 is 12.7. The first-order valence-corrected chi connectivity index (χ1v) is 4.93. The van der Waals surface area contributed by atoms with E-state index in [0.717, 1.165) is 0 Å². The molecule has 4 atom stereocenters. The van der Waals surface area contributed by atoms with Gasteiger partial charge in [0.25, 0.3) is 0 Å². The molecule has 0 spiro atoms. The molecule has 2 saturated heterocycles. The van der Waals surface area contributed by atoms with Crippen molar-refractivity contribution >= 4 is 5.95 Å². The predicted molar refractivity (Wildman–Crippen MR) is 46.9 cm³/mol. The van der Waals surface area contributed by atoms with E-state index in [1.54, 1.807) is 4.68 Å². The van der Waals surface area contributed by atoms with E-state index >= 15 is 0 Å². The molecule has 4 heterocycles. The molecule has 0 radical (unpaired) electrons. The van der Waals surface area contributed by atoms with Gasteiger partial charge in [-0.2, -0.15) is 10.1 Å². The molecule has 2 fully saturated rings. The van der Waals surface area contributed by atoms with Crippen LogP contribution in [0.2, 0.25) is 0 Å². The topological polar surface area (TPSA) is 81.4 Å². The minimum Gasteiger partial charge on any atom is -0.366 e. The smallest absolute Gasteiger partial charge is 0.223 e. The number of aromatic nitrogens is 3. The molecule has 7 heteroatoms. The van der Waals surface area contributed by atoms with Gasteiger partial charge in [0.15, 0.2) is 5.72 Å². The lowest BCUT2D eigenvalue weighted by atomic mass is 9.95. The van der Waals surface area contributed by atoms with Crippen molar-refractivity contribution in [2.45, 2.75) is 30.6 Å². The third-order valence-electron chi connectivity index (χ3n) is 3.27.